The normalized spacial score (nSPS) is 13.8. The van der Waals surface area contributed by atoms with E-state index in [1.807, 2.05) is 28.1 Å². The first-order chi connectivity index (χ1) is 5.25. The Morgan fingerprint density at radius 1 is 1.42 bits per heavy atom. The van der Waals surface area contributed by atoms with Crippen molar-refractivity contribution in [3.63, 3.8) is 0 Å². The molecule has 0 N–H and O–H groups in total. The molecular weight excluding hydrogens is 154 g/mol. The van der Waals surface area contributed by atoms with E-state index in [0.717, 1.165) is 0 Å². The van der Waals surface area contributed by atoms with E-state index in [-0.39, 0.29) is 12.2 Å². The SMILES string of the molecule is C=C(C)C(=O)OC(C)[N+](C)(C)C. The van der Waals surface area contributed by atoms with Gasteiger partial charge in [-0.15, -0.1) is 0 Å². The van der Waals surface area contributed by atoms with E-state index in [4.69, 9.17) is 4.74 Å². The molecule has 0 spiro atoms. The van der Waals surface area contributed by atoms with Crippen LogP contribution in [-0.2, 0) is 9.53 Å². The maximum Gasteiger partial charge on any atom is 0.337 e. The van der Waals surface area contributed by atoms with Crippen LogP contribution in [0.15, 0.2) is 12.2 Å². The van der Waals surface area contributed by atoms with Gasteiger partial charge in [0.05, 0.1) is 21.1 Å². The van der Waals surface area contributed by atoms with Gasteiger partial charge in [0.1, 0.15) is 0 Å². The minimum atomic E-state index is -0.324. The molecule has 3 nitrogen and oxygen atoms in total. The van der Waals surface area contributed by atoms with Gasteiger partial charge in [0.2, 0.25) is 6.23 Å². The maximum atomic E-state index is 11.1. The Labute approximate surface area is 74.2 Å². The summed E-state index contributed by atoms with van der Waals surface area (Å²) in [7, 11) is 5.91. The third kappa shape index (κ3) is 3.53. The number of carbonyl (C=O) groups is 1. The molecule has 0 aromatic heterocycles. The second-order valence-corrected chi connectivity index (χ2v) is 3.90. The molecular formula is C9H18NO2+. The van der Waals surface area contributed by atoms with Crippen LogP contribution in [0.4, 0.5) is 0 Å². The van der Waals surface area contributed by atoms with Crippen molar-refractivity contribution in [3.8, 4) is 0 Å². The van der Waals surface area contributed by atoms with Crippen LogP contribution >= 0.6 is 0 Å². The average Bonchev–Trinajstić information content (AvgIpc) is 1.85. The van der Waals surface area contributed by atoms with Gasteiger partial charge in [0.25, 0.3) is 0 Å². The van der Waals surface area contributed by atoms with Crippen LogP contribution in [0, 0.1) is 0 Å². The second-order valence-electron chi connectivity index (χ2n) is 3.90. The quantitative estimate of drug-likeness (QED) is 0.276. The van der Waals surface area contributed by atoms with E-state index in [2.05, 4.69) is 6.58 Å². The molecule has 0 aromatic carbocycles. The smallest absolute Gasteiger partial charge is 0.337 e. The monoisotopic (exact) mass is 172 g/mol. The van der Waals surface area contributed by atoms with E-state index in [0.29, 0.717) is 10.1 Å². The average molecular weight is 172 g/mol. The minimum Gasteiger partial charge on any atom is -0.409 e. The van der Waals surface area contributed by atoms with E-state index in [9.17, 15) is 4.79 Å². The number of rotatable bonds is 3. The lowest BCUT2D eigenvalue weighted by molar-refractivity contribution is -0.914. The highest BCUT2D eigenvalue weighted by atomic mass is 16.6. The van der Waals surface area contributed by atoms with Gasteiger partial charge < -0.3 is 4.74 Å². The van der Waals surface area contributed by atoms with Crippen molar-refractivity contribution in [2.75, 3.05) is 21.1 Å². The van der Waals surface area contributed by atoms with Gasteiger partial charge in [0.15, 0.2) is 0 Å². The summed E-state index contributed by atoms with van der Waals surface area (Å²) in [4.78, 5) is 11.1. The molecule has 70 valence electrons. The Kier molecular flexibility index (Phi) is 3.46. The highest BCUT2D eigenvalue weighted by Gasteiger charge is 2.22. The van der Waals surface area contributed by atoms with Crippen molar-refractivity contribution in [3.05, 3.63) is 12.2 Å². The summed E-state index contributed by atoms with van der Waals surface area (Å²) in [5.41, 5.74) is 0.440. The maximum absolute atomic E-state index is 11.1. The fourth-order valence-corrected chi connectivity index (χ4v) is 0.414. The zero-order valence-electron chi connectivity index (χ0n) is 8.55. The zero-order valence-corrected chi connectivity index (χ0v) is 8.55. The molecule has 0 fully saturated rings. The van der Waals surface area contributed by atoms with Crippen molar-refractivity contribution >= 4 is 5.97 Å². The van der Waals surface area contributed by atoms with Crippen LogP contribution in [0.25, 0.3) is 0 Å². The van der Waals surface area contributed by atoms with Crippen molar-refractivity contribution in [2.45, 2.75) is 20.1 Å². The molecule has 0 saturated heterocycles. The van der Waals surface area contributed by atoms with Gasteiger partial charge in [-0.3, -0.25) is 4.48 Å². The Balaban J connectivity index is 4.11. The zero-order chi connectivity index (χ0) is 9.94. The molecule has 1 unspecified atom stereocenters. The van der Waals surface area contributed by atoms with Crippen molar-refractivity contribution < 1.29 is 14.0 Å². The fourth-order valence-electron chi connectivity index (χ4n) is 0.414. The molecule has 0 saturated carbocycles. The minimum absolute atomic E-state index is 0.144. The third-order valence-electron chi connectivity index (χ3n) is 1.72. The predicted molar refractivity (Wildman–Crippen MR) is 48.4 cm³/mol. The van der Waals surface area contributed by atoms with Gasteiger partial charge in [0, 0.05) is 12.5 Å². The first-order valence-electron chi connectivity index (χ1n) is 3.92. The first kappa shape index (κ1) is 11.2. The summed E-state index contributed by atoms with van der Waals surface area (Å²) in [5, 5.41) is 0. The molecule has 0 rings (SSSR count). The summed E-state index contributed by atoms with van der Waals surface area (Å²) in [6, 6.07) is 0. The van der Waals surface area contributed by atoms with E-state index in [1.165, 1.54) is 0 Å². The number of carbonyl (C=O) groups excluding carboxylic acids is 1. The summed E-state index contributed by atoms with van der Waals surface area (Å²) in [5.74, 6) is -0.324. The largest absolute Gasteiger partial charge is 0.409 e. The molecule has 3 heteroatoms. The van der Waals surface area contributed by atoms with E-state index in [1.54, 1.807) is 6.92 Å². The number of esters is 1. The molecule has 0 heterocycles. The number of quaternary nitrogens is 1. The Morgan fingerprint density at radius 2 is 1.83 bits per heavy atom. The predicted octanol–water partition coefficient (Wildman–Crippen LogP) is 1.16. The summed E-state index contributed by atoms with van der Waals surface area (Å²) >= 11 is 0. The molecule has 1 atom stereocenters. The summed E-state index contributed by atoms with van der Waals surface area (Å²) < 4.78 is 5.71. The third-order valence-corrected chi connectivity index (χ3v) is 1.72. The molecule has 0 aliphatic heterocycles. The van der Waals surface area contributed by atoms with Crippen molar-refractivity contribution in [2.24, 2.45) is 0 Å². The van der Waals surface area contributed by atoms with E-state index < -0.39 is 0 Å². The second kappa shape index (κ2) is 3.72. The summed E-state index contributed by atoms with van der Waals surface area (Å²) in [6.07, 6.45) is -0.144. The van der Waals surface area contributed by atoms with Crippen LogP contribution in [0.5, 0.6) is 0 Å². The van der Waals surface area contributed by atoms with E-state index >= 15 is 0 Å². The first-order valence-corrected chi connectivity index (χ1v) is 3.92. The lowest BCUT2D eigenvalue weighted by Crippen LogP contribution is -2.45. The lowest BCUT2D eigenvalue weighted by Gasteiger charge is -2.30. The van der Waals surface area contributed by atoms with Gasteiger partial charge >= 0.3 is 5.97 Å². The lowest BCUT2D eigenvalue weighted by atomic mass is 10.3. The van der Waals surface area contributed by atoms with Gasteiger partial charge in [-0.2, -0.15) is 0 Å². The number of ether oxygens (including phenoxy) is 1. The Bertz CT molecular complexity index is 191. The van der Waals surface area contributed by atoms with Gasteiger partial charge in [-0.05, 0) is 6.92 Å². The molecule has 0 aliphatic rings. The molecule has 12 heavy (non-hydrogen) atoms. The molecule has 0 aromatic rings. The van der Waals surface area contributed by atoms with Gasteiger partial charge in [-0.1, -0.05) is 6.58 Å². The number of nitrogens with zero attached hydrogens (tertiary/aromatic N) is 1. The van der Waals surface area contributed by atoms with Crippen LogP contribution in [0.3, 0.4) is 0 Å². The van der Waals surface area contributed by atoms with Crippen LogP contribution in [-0.4, -0.2) is 37.8 Å². The highest BCUT2D eigenvalue weighted by Crippen LogP contribution is 2.06. The molecule has 0 radical (unpaired) electrons. The summed E-state index contributed by atoms with van der Waals surface area (Å²) in [6.45, 7) is 7.01. The molecule has 0 amide bonds. The van der Waals surface area contributed by atoms with Crippen LogP contribution in [0.1, 0.15) is 13.8 Å². The Morgan fingerprint density at radius 3 is 2.08 bits per heavy atom. The van der Waals surface area contributed by atoms with Crippen molar-refractivity contribution in [1.82, 2.24) is 0 Å². The number of hydrogen-bond acceptors (Lipinski definition) is 2. The fraction of sp³-hybridized carbons (Fsp3) is 0.667. The Hall–Kier alpha value is -0.830. The molecule has 0 aliphatic carbocycles. The van der Waals surface area contributed by atoms with Gasteiger partial charge in [-0.25, -0.2) is 4.79 Å². The van der Waals surface area contributed by atoms with Crippen LogP contribution in [0.2, 0.25) is 0 Å². The van der Waals surface area contributed by atoms with Crippen molar-refractivity contribution in [1.29, 1.82) is 0 Å². The van der Waals surface area contributed by atoms with Crippen LogP contribution < -0.4 is 0 Å². The topological polar surface area (TPSA) is 26.3 Å². The molecule has 0 bridgehead atoms. The number of hydrogen-bond donors (Lipinski definition) is 0. The standard InChI is InChI=1S/C9H18NO2/c1-7(2)9(11)12-8(3)10(4,5)6/h8H,1H2,2-6H3/q+1. The highest BCUT2D eigenvalue weighted by molar-refractivity contribution is 5.86.